The molecule has 1 nitrogen and oxygen atoms in total. The van der Waals surface area contributed by atoms with Crippen molar-refractivity contribution in [3.63, 3.8) is 0 Å². The Kier molecular flexibility index (Phi) is 4.79. The van der Waals surface area contributed by atoms with Crippen LogP contribution in [0, 0.1) is 0 Å². The monoisotopic (exact) mass is 124 g/mol. The second kappa shape index (κ2) is 5.29. The minimum Gasteiger partial charge on any atom is -0.295 e. The first-order chi connectivity index (χ1) is 4.27. The molecule has 0 amide bonds. The molecule has 0 rings (SSSR count). The lowest BCUT2D eigenvalue weighted by atomic mass is 10.3. The average Bonchev–Trinajstić information content (AvgIpc) is 1.80. The maximum atomic E-state index is 10.3. The molecule has 0 aliphatic heterocycles. The molecule has 0 saturated heterocycles. The summed E-state index contributed by atoms with van der Waals surface area (Å²) >= 11 is 0. The maximum Gasteiger partial charge on any atom is 0.152 e. The highest BCUT2D eigenvalue weighted by molar-refractivity contribution is 5.87. The van der Waals surface area contributed by atoms with Crippen LogP contribution in [-0.2, 0) is 4.79 Å². The van der Waals surface area contributed by atoms with Crippen molar-refractivity contribution in [2.75, 3.05) is 0 Å². The van der Waals surface area contributed by atoms with Crippen LogP contribution in [-0.4, -0.2) is 5.78 Å². The molecule has 50 valence electrons. The summed E-state index contributed by atoms with van der Waals surface area (Å²) in [5.74, 6) is 0.0933. The van der Waals surface area contributed by atoms with Gasteiger partial charge >= 0.3 is 0 Å². The Morgan fingerprint density at radius 1 is 1.44 bits per heavy atom. The Morgan fingerprint density at radius 3 is 2.56 bits per heavy atom. The molecule has 0 saturated carbocycles. The predicted octanol–water partition coefficient (Wildman–Crippen LogP) is 2.10. The van der Waals surface area contributed by atoms with Crippen LogP contribution in [0.2, 0.25) is 0 Å². The first-order valence-corrected chi connectivity index (χ1v) is 3.11. The lowest BCUT2D eigenvalue weighted by molar-refractivity contribution is -0.112. The molecule has 0 aromatic heterocycles. The molecule has 0 aliphatic rings. The summed E-state index contributed by atoms with van der Waals surface area (Å²) in [4.78, 5) is 10.3. The average molecular weight is 124 g/mol. The molecule has 0 heterocycles. The van der Waals surface area contributed by atoms with E-state index in [1.54, 1.807) is 12.2 Å². The van der Waals surface area contributed by atoms with Gasteiger partial charge in [0.15, 0.2) is 5.78 Å². The second-order valence-electron chi connectivity index (χ2n) is 1.81. The van der Waals surface area contributed by atoms with E-state index < -0.39 is 0 Å². The number of hydrogen-bond acceptors (Lipinski definition) is 1. The molecule has 0 radical (unpaired) electrons. The van der Waals surface area contributed by atoms with Crippen molar-refractivity contribution in [2.24, 2.45) is 0 Å². The zero-order chi connectivity index (χ0) is 7.11. The van der Waals surface area contributed by atoms with Gasteiger partial charge in [0.1, 0.15) is 0 Å². The molecule has 1 heteroatoms. The van der Waals surface area contributed by atoms with E-state index in [4.69, 9.17) is 0 Å². The van der Waals surface area contributed by atoms with Crippen molar-refractivity contribution >= 4 is 5.78 Å². The Hall–Kier alpha value is -0.850. The Bertz CT molecular complexity index is 132. The molecule has 0 bridgehead atoms. The third kappa shape index (κ3) is 7.15. The van der Waals surface area contributed by atoms with E-state index in [1.807, 2.05) is 12.2 Å². The number of carbonyl (C=O) groups excluding carboxylic acids is 1. The maximum absolute atomic E-state index is 10.3. The summed E-state index contributed by atoms with van der Waals surface area (Å²) in [5, 5.41) is 0. The third-order valence-corrected chi connectivity index (χ3v) is 0.814. The van der Waals surface area contributed by atoms with Crippen LogP contribution in [0.25, 0.3) is 0 Å². The van der Waals surface area contributed by atoms with Gasteiger partial charge in [0, 0.05) is 0 Å². The van der Waals surface area contributed by atoms with Gasteiger partial charge < -0.3 is 0 Å². The van der Waals surface area contributed by atoms with Crippen molar-refractivity contribution in [1.82, 2.24) is 0 Å². The van der Waals surface area contributed by atoms with E-state index in [0.717, 1.165) is 6.42 Å². The molecule has 0 atom stereocenters. The smallest absolute Gasteiger partial charge is 0.152 e. The van der Waals surface area contributed by atoms with Crippen LogP contribution >= 0.6 is 0 Å². The van der Waals surface area contributed by atoms with Gasteiger partial charge in [-0.25, -0.2) is 0 Å². The van der Waals surface area contributed by atoms with Crippen molar-refractivity contribution < 1.29 is 4.79 Å². The molecule has 0 unspecified atom stereocenters. The highest BCUT2D eigenvalue weighted by atomic mass is 16.1. The zero-order valence-electron chi connectivity index (χ0n) is 5.92. The molecule has 0 aliphatic carbocycles. The first-order valence-electron chi connectivity index (χ1n) is 3.11. The quantitative estimate of drug-likeness (QED) is 0.416. The SMILES string of the molecule is CC/C=C\C=CC(C)=O. The van der Waals surface area contributed by atoms with Gasteiger partial charge in [-0.15, -0.1) is 0 Å². The van der Waals surface area contributed by atoms with Crippen LogP contribution in [0.15, 0.2) is 24.3 Å². The van der Waals surface area contributed by atoms with Crippen LogP contribution < -0.4 is 0 Å². The van der Waals surface area contributed by atoms with Crippen LogP contribution in [0.3, 0.4) is 0 Å². The number of allylic oxidation sites excluding steroid dienone is 4. The van der Waals surface area contributed by atoms with Crippen molar-refractivity contribution in [1.29, 1.82) is 0 Å². The second-order valence-corrected chi connectivity index (χ2v) is 1.81. The molecule has 0 aromatic rings. The molecule has 9 heavy (non-hydrogen) atoms. The number of rotatable bonds is 3. The fourth-order valence-corrected chi connectivity index (χ4v) is 0.406. The fraction of sp³-hybridized carbons (Fsp3) is 0.375. The van der Waals surface area contributed by atoms with Gasteiger partial charge in [-0.2, -0.15) is 0 Å². The van der Waals surface area contributed by atoms with E-state index in [1.165, 1.54) is 6.92 Å². The third-order valence-electron chi connectivity index (χ3n) is 0.814. The van der Waals surface area contributed by atoms with Crippen LogP contribution in [0.4, 0.5) is 0 Å². The van der Waals surface area contributed by atoms with Gasteiger partial charge in [0.2, 0.25) is 0 Å². The number of carbonyl (C=O) groups is 1. The summed E-state index contributed by atoms with van der Waals surface area (Å²) in [6.45, 7) is 3.59. The number of hydrogen-bond donors (Lipinski definition) is 0. The van der Waals surface area contributed by atoms with Gasteiger partial charge in [0.05, 0.1) is 0 Å². The highest BCUT2D eigenvalue weighted by Gasteiger charge is 1.75. The van der Waals surface area contributed by atoms with E-state index in [-0.39, 0.29) is 5.78 Å². The van der Waals surface area contributed by atoms with Gasteiger partial charge in [-0.1, -0.05) is 25.2 Å². The molecule has 0 N–H and O–H groups in total. The molecule has 0 spiro atoms. The molecular formula is C8H12O. The lowest BCUT2D eigenvalue weighted by Gasteiger charge is -1.74. The summed E-state index contributed by atoms with van der Waals surface area (Å²) in [6, 6.07) is 0. The van der Waals surface area contributed by atoms with E-state index >= 15 is 0 Å². The van der Waals surface area contributed by atoms with E-state index in [0.29, 0.717) is 0 Å². The van der Waals surface area contributed by atoms with E-state index in [9.17, 15) is 4.79 Å². The van der Waals surface area contributed by atoms with Gasteiger partial charge in [0.25, 0.3) is 0 Å². The fourth-order valence-electron chi connectivity index (χ4n) is 0.406. The minimum absolute atomic E-state index is 0.0933. The summed E-state index contributed by atoms with van der Waals surface area (Å²) in [5.41, 5.74) is 0. The van der Waals surface area contributed by atoms with Gasteiger partial charge in [-0.3, -0.25) is 4.79 Å². The van der Waals surface area contributed by atoms with E-state index in [2.05, 4.69) is 6.92 Å². The Labute approximate surface area is 56.1 Å². The Balaban J connectivity index is 3.47. The standard InChI is InChI=1S/C8H12O/c1-3-4-5-6-7-8(2)9/h4-7H,3H2,1-2H3/b5-4-,7-6?. The zero-order valence-corrected chi connectivity index (χ0v) is 5.92. The molecular weight excluding hydrogens is 112 g/mol. The predicted molar refractivity (Wildman–Crippen MR) is 39.3 cm³/mol. The highest BCUT2D eigenvalue weighted by Crippen LogP contribution is 1.81. The van der Waals surface area contributed by atoms with Crippen molar-refractivity contribution in [3.8, 4) is 0 Å². The normalized spacial score (nSPS) is 11.3. The largest absolute Gasteiger partial charge is 0.295 e. The van der Waals surface area contributed by atoms with Gasteiger partial charge in [-0.05, 0) is 19.4 Å². The van der Waals surface area contributed by atoms with Crippen LogP contribution in [0.1, 0.15) is 20.3 Å². The molecule has 0 aromatic carbocycles. The van der Waals surface area contributed by atoms with Crippen molar-refractivity contribution in [3.05, 3.63) is 24.3 Å². The van der Waals surface area contributed by atoms with Crippen LogP contribution in [0.5, 0.6) is 0 Å². The number of ketones is 1. The van der Waals surface area contributed by atoms with Crippen molar-refractivity contribution in [2.45, 2.75) is 20.3 Å². The summed E-state index contributed by atoms with van der Waals surface area (Å²) in [7, 11) is 0. The first kappa shape index (κ1) is 8.15. The summed E-state index contributed by atoms with van der Waals surface area (Å²) < 4.78 is 0. The summed E-state index contributed by atoms with van der Waals surface area (Å²) in [6.07, 6.45) is 8.20. The molecule has 0 fully saturated rings. The Morgan fingerprint density at radius 2 is 2.11 bits per heavy atom. The lowest BCUT2D eigenvalue weighted by Crippen LogP contribution is -1.77. The topological polar surface area (TPSA) is 17.1 Å². The minimum atomic E-state index is 0.0933.